The highest BCUT2D eigenvalue weighted by molar-refractivity contribution is 7.98. The molecule has 1 atom stereocenters. The van der Waals surface area contributed by atoms with Crippen LogP contribution in [0.3, 0.4) is 0 Å². The van der Waals surface area contributed by atoms with Gasteiger partial charge in [0.2, 0.25) is 0 Å². The molecule has 2 aromatic heterocycles. The van der Waals surface area contributed by atoms with Crippen LogP contribution in [0, 0.1) is 0 Å². The van der Waals surface area contributed by atoms with Gasteiger partial charge >= 0.3 is 0 Å². The summed E-state index contributed by atoms with van der Waals surface area (Å²) in [5.41, 5.74) is 0.883. The molecule has 0 saturated carbocycles. The molecule has 18 heavy (non-hydrogen) atoms. The number of anilines is 1. The quantitative estimate of drug-likeness (QED) is 0.885. The maximum absolute atomic E-state index is 9.57. The maximum Gasteiger partial charge on any atom is 0.195 e. The summed E-state index contributed by atoms with van der Waals surface area (Å²) in [5.74, 6) is 1.98. The number of hydrogen-bond donors (Lipinski definition) is 1. The highest BCUT2D eigenvalue weighted by atomic mass is 32.2. The maximum atomic E-state index is 9.57. The minimum atomic E-state index is 0.0211. The van der Waals surface area contributed by atoms with Crippen LogP contribution in [0.4, 0.5) is 5.82 Å². The van der Waals surface area contributed by atoms with E-state index in [1.54, 1.807) is 11.3 Å². The van der Waals surface area contributed by atoms with E-state index in [4.69, 9.17) is 0 Å². The second kappa shape index (κ2) is 5.95. The summed E-state index contributed by atoms with van der Waals surface area (Å²) >= 11 is 3.44. The van der Waals surface area contributed by atoms with Crippen LogP contribution in [0.5, 0.6) is 0 Å². The van der Waals surface area contributed by atoms with Crippen LogP contribution >= 0.6 is 23.1 Å². The zero-order valence-corrected chi connectivity index (χ0v) is 12.6. The van der Waals surface area contributed by atoms with E-state index in [0.717, 1.165) is 28.6 Å². The normalized spacial score (nSPS) is 13.1. The number of nitrogens with zero attached hydrogens (tertiary/aromatic N) is 3. The third-order valence-electron chi connectivity index (χ3n) is 3.20. The van der Waals surface area contributed by atoms with E-state index < -0.39 is 0 Å². The molecule has 0 aliphatic rings. The first-order valence-corrected chi connectivity index (χ1v) is 8.27. The molecule has 0 aromatic carbocycles. The first-order valence-electron chi connectivity index (χ1n) is 6.00. The van der Waals surface area contributed by atoms with Crippen molar-refractivity contribution >= 4 is 33.9 Å². The van der Waals surface area contributed by atoms with Crippen molar-refractivity contribution in [1.82, 2.24) is 9.38 Å². The molecule has 0 saturated heterocycles. The molecule has 2 aromatic rings. The molecule has 2 heterocycles. The van der Waals surface area contributed by atoms with Gasteiger partial charge in [-0.2, -0.15) is 11.8 Å². The molecule has 0 radical (unpaired) electrons. The molecule has 1 unspecified atom stereocenters. The number of hydrogen-bond acceptors (Lipinski definition) is 5. The van der Waals surface area contributed by atoms with Gasteiger partial charge in [0.05, 0.1) is 12.3 Å². The van der Waals surface area contributed by atoms with Gasteiger partial charge in [-0.05, 0) is 12.7 Å². The Morgan fingerprint density at radius 1 is 1.61 bits per heavy atom. The Morgan fingerprint density at radius 3 is 3.00 bits per heavy atom. The molecule has 4 nitrogen and oxygen atoms in total. The third-order valence-corrected chi connectivity index (χ3v) is 4.68. The second-order valence-electron chi connectivity index (χ2n) is 4.22. The molecule has 0 aliphatic carbocycles. The van der Waals surface area contributed by atoms with Crippen LogP contribution in [0.1, 0.15) is 19.0 Å². The predicted octanol–water partition coefficient (Wildman–Crippen LogP) is 2.47. The molecule has 1 N–H and O–H groups in total. The molecule has 0 fully saturated rings. The number of fused-ring (bicyclic) bond motifs is 1. The van der Waals surface area contributed by atoms with E-state index in [1.807, 2.05) is 27.7 Å². The van der Waals surface area contributed by atoms with Crippen molar-refractivity contribution in [2.45, 2.75) is 26.0 Å². The summed E-state index contributed by atoms with van der Waals surface area (Å²) < 4.78 is 1.97. The number of aliphatic hydroxyl groups is 1. The minimum absolute atomic E-state index is 0.0211. The first-order chi connectivity index (χ1) is 8.72. The summed E-state index contributed by atoms with van der Waals surface area (Å²) in [5, 5.41) is 11.6. The van der Waals surface area contributed by atoms with E-state index >= 15 is 0 Å². The molecule has 0 bridgehead atoms. The van der Waals surface area contributed by atoms with Gasteiger partial charge in [0.25, 0.3) is 0 Å². The molecule has 0 spiro atoms. The van der Waals surface area contributed by atoms with Crippen LogP contribution in [0.25, 0.3) is 4.96 Å². The van der Waals surface area contributed by atoms with E-state index in [2.05, 4.69) is 30.1 Å². The Morgan fingerprint density at radius 2 is 2.39 bits per heavy atom. The minimum Gasteiger partial charge on any atom is -0.390 e. The van der Waals surface area contributed by atoms with Crippen LogP contribution in [-0.2, 0) is 6.61 Å². The summed E-state index contributed by atoms with van der Waals surface area (Å²) in [6.07, 6.45) is 5.16. The Hall–Kier alpha value is -0.720. The Labute approximate surface area is 116 Å². The molecule has 6 heteroatoms. The number of rotatable bonds is 6. The van der Waals surface area contributed by atoms with E-state index in [1.165, 1.54) is 0 Å². The highest BCUT2D eigenvalue weighted by Gasteiger charge is 2.20. The van der Waals surface area contributed by atoms with Gasteiger partial charge in [0, 0.05) is 30.4 Å². The largest absolute Gasteiger partial charge is 0.390 e. The highest BCUT2D eigenvalue weighted by Crippen LogP contribution is 2.26. The predicted molar refractivity (Wildman–Crippen MR) is 79.9 cm³/mol. The summed E-state index contributed by atoms with van der Waals surface area (Å²) in [6, 6.07) is 0.454. The van der Waals surface area contributed by atoms with Crippen molar-refractivity contribution in [3.8, 4) is 0 Å². The molecular formula is C12H19N3OS2. The molecule has 0 amide bonds. The topological polar surface area (TPSA) is 40.8 Å². The Kier molecular flexibility index (Phi) is 4.53. The molecular weight excluding hydrogens is 266 g/mol. The SMILES string of the molecule is CCC(CSC)N(C)c1nc2sccn2c1CO. The second-order valence-corrected chi connectivity index (χ2v) is 6.01. The van der Waals surface area contributed by atoms with Gasteiger partial charge in [0.1, 0.15) is 0 Å². The van der Waals surface area contributed by atoms with E-state index in [9.17, 15) is 5.11 Å². The average Bonchev–Trinajstić information content (AvgIpc) is 2.94. The number of aliphatic hydroxyl groups excluding tert-OH is 1. The molecule has 2 rings (SSSR count). The number of aromatic nitrogens is 2. The lowest BCUT2D eigenvalue weighted by atomic mass is 10.2. The van der Waals surface area contributed by atoms with Crippen molar-refractivity contribution in [2.24, 2.45) is 0 Å². The zero-order chi connectivity index (χ0) is 13.1. The lowest BCUT2D eigenvalue weighted by Crippen LogP contribution is -2.34. The van der Waals surface area contributed by atoms with E-state index in [0.29, 0.717) is 6.04 Å². The van der Waals surface area contributed by atoms with Crippen molar-refractivity contribution in [3.05, 3.63) is 17.3 Å². The summed E-state index contributed by atoms with van der Waals surface area (Å²) in [7, 11) is 2.07. The third kappa shape index (κ3) is 2.37. The van der Waals surface area contributed by atoms with Crippen molar-refractivity contribution in [3.63, 3.8) is 0 Å². The number of thiazole rings is 1. The Bertz CT molecular complexity index is 508. The standard InChI is InChI=1S/C12H19N3OS2/c1-4-9(8-17-3)14(2)11-10(7-16)15-5-6-18-12(15)13-11/h5-6,9,16H,4,7-8H2,1-3H3. The van der Waals surface area contributed by atoms with Gasteiger partial charge in [-0.25, -0.2) is 4.98 Å². The van der Waals surface area contributed by atoms with Gasteiger partial charge in [-0.15, -0.1) is 11.3 Å². The molecule has 100 valence electrons. The lowest BCUT2D eigenvalue weighted by Gasteiger charge is -2.27. The van der Waals surface area contributed by atoms with Gasteiger partial charge < -0.3 is 10.0 Å². The van der Waals surface area contributed by atoms with Gasteiger partial charge in [-0.1, -0.05) is 6.92 Å². The first kappa shape index (κ1) is 13.7. The zero-order valence-electron chi connectivity index (χ0n) is 11.0. The summed E-state index contributed by atoms with van der Waals surface area (Å²) in [4.78, 5) is 7.77. The fraction of sp³-hybridized carbons (Fsp3) is 0.583. The smallest absolute Gasteiger partial charge is 0.195 e. The Balaban J connectivity index is 2.36. The van der Waals surface area contributed by atoms with Crippen molar-refractivity contribution in [2.75, 3.05) is 24.0 Å². The van der Waals surface area contributed by atoms with E-state index in [-0.39, 0.29) is 6.61 Å². The summed E-state index contributed by atoms with van der Waals surface area (Å²) in [6.45, 7) is 2.21. The van der Waals surface area contributed by atoms with Crippen molar-refractivity contribution in [1.29, 1.82) is 0 Å². The number of imidazole rings is 1. The number of thioether (sulfide) groups is 1. The monoisotopic (exact) mass is 285 g/mol. The average molecular weight is 285 g/mol. The van der Waals surface area contributed by atoms with Crippen LogP contribution in [0.15, 0.2) is 11.6 Å². The molecule has 0 aliphatic heterocycles. The van der Waals surface area contributed by atoms with Gasteiger partial charge in [-0.3, -0.25) is 4.40 Å². The van der Waals surface area contributed by atoms with Crippen LogP contribution < -0.4 is 4.90 Å². The van der Waals surface area contributed by atoms with Gasteiger partial charge in [0.15, 0.2) is 10.8 Å². The lowest BCUT2D eigenvalue weighted by molar-refractivity contribution is 0.276. The fourth-order valence-corrected chi connectivity index (χ4v) is 3.69. The van der Waals surface area contributed by atoms with Crippen LogP contribution in [-0.4, -0.2) is 39.6 Å². The van der Waals surface area contributed by atoms with Crippen molar-refractivity contribution < 1.29 is 5.11 Å². The fourth-order valence-electron chi connectivity index (χ4n) is 2.12. The van der Waals surface area contributed by atoms with Crippen LogP contribution in [0.2, 0.25) is 0 Å².